The molecular weight excluding hydrogens is 438 g/mol. The fourth-order valence-corrected chi connectivity index (χ4v) is 3.48. The van der Waals surface area contributed by atoms with Crippen LogP contribution in [-0.2, 0) is 9.47 Å². The van der Waals surface area contributed by atoms with Crippen molar-refractivity contribution in [3.05, 3.63) is 90.1 Å². The van der Waals surface area contributed by atoms with Gasteiger partial charge in [0.15, 0.2) is 11.4 Å². The van der Waals surface area contributed by atoms with Gasteiger partial charge in [0.2, 0.25) is 6.79 Å². The molecule has 3 aromatic rings. The van der Waals surface area contributed by atoms with Gasteiger partial charge in [-0.25, -0.2) is 13.8 Å². The molecule has 3 heterocycles. The molecular formula is C23H19ClF2N4O2. The zero-order valence-electron chi connectivity index (χ0n) is 16.9. The first-order chi connectivity index (χ1) is 15.5. The number of alkyl halides is 1. The zero-order chi connectivity index (χ0) is 22.7. The Morgan fingerprint density at radius 3 is 2.84 bits per heavy atom. The molecule has 6 nitrogen and oxygen atoms in total. The first-order valence-electron chi connectivity index (χ1n) is 9.63. The van der Waals surface area contributed by atoms with Crippen molar-refractivity contribution in [3.8, 4) is 0 Å². The van der Waals surface area contributed by atoms with E-state index >= 15 is 0 Å². The van der Waals surface area contributed by atoms with Crippen LogP contribution in [0, 0.1) is 11.6 Å². The molecule has 1 aliphatic heterocycles. The number of aromatic nitrogens is 3. The number of pyridine rings is 1. The second-order valence-corrected chi connectivity index (χ2v) is 7.13. The Labute approximate surface area is 187 Å². The van der Waals surface area contributed by atoms with Gasteiger partial charge < -0.3 is 14.8 Å². The third-order valence-corrected chi connectivity index (χ3v) is 5.17. The summed E-state index contributed by atoms with van der Waals surface area (Å²) in [4.78, 5) is 4.39. The molecule has 164 valence electrons. The van der Waals surface area contributed by atoms with Crippen molar-refractivity contribution >= 4 is 39.7 Å². The summed E-state index contributed by atoms with van der Waals surface area (Å²) in [6, 6.07) is 6.73. The van der Waals surface area contributed by atoms with E-state index in [-0.39, 0.29) is 18.4 Å². The minimum atomic E-state index is -0.716. The minimum absolute atomic E-state index is 0.108. The van der Waals surface area contributed by atoms with Crippen LogP contribution in [0.25, 0.3) is 16.6 Å². The number of aromatic amines is 1. The van der Waals surface area contributed by atoms with Crippen LogP contribution >= 0.6 is 11.6 Å². The van der Waals surface area contributed by atoms with Gasteiger partial charge in [0.05, 0.1) is 11.4 Å². The van der Waals surface area contributed by atoms with Gasteiger partial charge in [0.25, 0.3) is 0 Å². The highest BCUT2D eigenvalue weighted by Gasteiger charge is 2.17. The molecule has 0 unspecified atom stereocenters. The molecule has 0 amide bonds. The van der Waals surface area contributed by atoms with Crippen LogP contribution in [0.4, 0.5) is 20.3 Å². The maximum Gasteiger partial charge on any atom is 0.230 e. The lowest BCUT2D eigenvalue weighted by atomic mass is 10.0. The van der Waals surface area contributed by atoms with Gasteiger partial charge in [0, 0.05) is 23.8 Å². The molecule has 0 atom stereocenters. The Kier molecular flexibility index (Phi) is 6.23. The van der Waals surface area contributed by atoms with Crippen LogP contribution in [-0.4, -0.2) is 27.9 Å². The number of rotatable bonds is 8. The molecule has 1 aromatic carbocycles. The van der Waals surface area contributed by atoms with Gasteiger partial charge in [-0.2, -0.15) is 5.10 Å². The molecule has 4 rings (SSSR count). The first-order valence-corrected chi connectivity index (χ1v) is 10.2. The summed E-state index contributed by atoms with van der Waals surface area (Å²) in [5.74, 6) is 0.505. The SMILES string of the molecule is C=CC1=C(C/C=C(/CCl)C(=C)c2[nH]nc3nc(Nc4ccc(F)cc4F)ccc23)OCO1. The lowest BCUT2D eigenvalue weighted by molar-refractivity contribution is 0.0733. The van der Waals surface area contributed by atoms with Gasteiger partial charge in [-0.3, -0.25) is 5.10 Å². The molecule has 0 spiro atoms. The summed E-state index contributed by atoms with van der Waals surface area (Å²) in [5, 5.41) is 10.7. The fourth-order valence-electron chi connectivity index (χ4n) is 3.21. The molecule has 0 radical (unpaired) electrons. The Morgan fingerprint density at radius 1 is 1.25 bits per heavy atom. The van der Waals surface area contributed by atoms with Crippen molar-refractivity contribution in [2.75, 3.05) is 18.0 Å². The average Bonchev–Trinajstić information content (AvgIpc) is 3.42. The Hall–Kier alpha value is -3.65. The number of benzene rings is 1. The van der Waals surface area contributed by atoms with Crippen molar-refractivity contribution in [1.82, 2.24) is 15.2 Å². The van der Waals surface area contributed by atoms with Crippen molar-refractivity contribution in [2.45, 2.75) is 6.42 Å². The average molecular weight is 457 g/mol. The zero-order valence-corrected chi connectivity index (χ0v) is 17.7. The van der Waals surface area contributed by atoms with Gasteiger partial charge in [-0.1, -0.05) is 19.2 Å². The highest BCUT2D eigenvalue weighted by Crippen LogP contribution is 2.30. The number of allylic oxidation sites excluding steroid dienone is 4. The van der Waals surface area contributed by atoms with Gasteiger partial charge in [-0.05, 0) is 41.5 Å². The molecule has 0 saturated carbocycles. The van der Waals surface area contributed by atoms with Crippen LogP contribution in [0.2, 0.25) is 0 Å². The third kappa shape index (κ3) is 4.36. The predicted octanol–water partition coefficient (Wildman–Crippen LogP) is 5.95. The first kappa shape index (κ1) is 21.6. The second kappa shape index (κ2) is 9.23. The number of anilines is 2. The summed E-state index contributed by atoms with van der Waals surface area (Å²) < 4.78 is 37.8. The Morgan fingerprint density at radius 2 is 2.09 bits per heavy atom. The summed E-state index contributed by atoms with van der Waals surface area (Å²) in [6.45, 7) is 8.02. The standard InChI is InChI=1S/C23H19ClF2N4O2/c1-3-19-20(32-12-31-19)8-4-14(11-24)13(2)22-16-6-9-21(28-23(16)30-29-22)27-18-7-5-15(25)10-17(18)26/h3-7,9-10H,1-2,8,11-12H2,(H2,27,28,29,30)/b14-4-. The van der Waals surface area contributed by atoms with Gasteiger partial charge in [0.1, 0.15) is 23.2 Å². The number of halogens is 3. The molecule has 9 heteroatoms. The number of fused-ring (bicyclic) bond motifs is 1. The highest BCUT2D eigenvalue weighted by molar-refractivity contribution is 6.21. The quantitative estimate of drug-likeness (QED) is 0.323. The fraction of sp³-hybridized carbons (Fsp3) is 0.130. The van der Waals surface area contributed by atoms with Crippen molar-refractivity contribution in [3.63, 3.8) is 0 Å². The Balaban J connectivity index is 1.56. The van der Waals surface area contributed by atoms with Crippen molar-refractivity contribution in [2.24, 2.45) is 0 Å². The largest absolute Gasteiger partial charge is 0.458 e. The van der Waals surface area contributed by atoms with Crippen LogP contribution in [0.1, 0.15) is 12.1 Å². The number of hydrogen-bond acceptors (Lipinski definition) is 5. The van der Waals surface area contributed by atoms with E-state index in [1.807, 2.05) is 6.08 Å². The lowest BCUT2D eigenvalue weighted by Crippen LogP contribution is -1.97. The van der Waals surface area contributed by atoms with E-state index in [1.165, 1.54) is 6.07 Å². The second-order valence-electron chi connectivity index (χ2n) is 6.86. The summed E-state index contributed by atoms with van der Waals surface area (Å²) in [7, 11) is 0. The molecule has 2 aromatic heterocycles. The summed E-state index contributed by atoms with van der Waals surface area (Å²) in [6.07, 6.45) is 3.99. The maximum atomic E-state index is 13.9. The molecule has 0 fully saturated rings. The van der Waals surface area contributed by atoms with Crippen molar-refractivity contribution in [1.29, 1.82) is 0 Å². The van der Waals surface area contributed by atoms with Crippen LogP contribution < -0.4 is 5.32 Å². The number of ether oxygens (including phenoxy) is 2. The number of hydrogen-bond donors (Lipinski definition) is 2. The molecule has 1 aliphatic rings. The van der Waals surface area contributed by atoms with Crippen molar-refractivity contribution < 1.29 is 18.3 Å². The Bertz CT molecular complexity index is 1270. The van der Waals surface area contributed by atoms with E-state index in [0.29, 0.717) is 40.7 Å². The van der Waals surface area contributed by atoms with E-state index < -0.39 is 11.6 Å². The number of nitrogens with zero attached hydrogens (tertiary/aromatic N) is 2. The monoisotopic (exact) mass is 456 g/mol. The van der Waals surface area contributed by atoms with Gasteiger partial charge in [-0.15, -0.1) is 11.6 Å². The normalized spacial score (nSPS) is 13.8. The molecule has 32 heavy (non-hydrogen) atoms. The summed E-state index contributed by atoms with van der Waals surface area (Å²) >= 11 is 6.17. The lowest BCUT2D eigenvalue weighted by Gasteiger charge is -2.08. The van der Waals surface area contributed by atoms with E-state index in [1.54, 1.807) is 18.2 Å². The van der Waals surface area contributed by atoms with E-state index in [9.17, 15) is 8.78 Å². The maximum absolute atomic E-state index is 13.9. The third-order valence-electron chi connectivity index (χ3n) is 4.89. The molecule has 0 saturated heterocycles. The number of H-pyrrole nitrogens is 1. The van der Waals surface area contributed by atoms with E-state index in [2.05, 4.69) is 33.7 Å². The van der Waals surface area contributed by atoms with E-state index in [4.69, 9.17) is 21.1 Å². The smallest absolute Gasteiger partial charge is 0.230 e. The minimum Gasteiger partial charge on any atom is -0.458 e. The van der Waals surface area contributed by atoms with Crippen LogP contribution in [0.5, 0.6) is 0 Å². The molecule has 0 bridgehead atoms. The predicted molar refractivity (Wildman–Crippen MR) is 120 cm³/mol. The number of nitrogens with one attached hydrogen (secondary N) is 2. The molecule has 0 aliphatic carbocycles. The van der Waals surface area contributed by atoms with Gasteiger partial charge >= 0.3 is 0 Å². The van der Waals surface area contributed by atoms with Crippen LogP contribution in [0.15, 0.2) is 72.7 Å². The van der Waals surface area contributed by atoms with E-state index in [0.717, 1.165) is 23.1 Å². The highest BCUT2D eigenvalue weighted by atomic mass is 35.5. The molecule has 2 N–H and O–H groups in total. The van der Waals surface area contributed by atoms with Crippen LogP contribution in [0.3, 0.4) is 0 Å². The topological polar surface area (TPSA) is 72.1 Å². The summed E-state index contributed by atoms with van der Waals surface area (Å²) in [5.41, 5.74) is 2.64.